The molecule has 0 aliphatic rings. The largest absolute Gasteiger partial charge is 0.320 e. The first-order chi connectivity index (χ1) is 14.7. The number of hydrogen-bond donors (Lipinski definition) is 4. The molecule has 4 N–H and O–H groups in total. The molecule has 0 amide bonds. The summed E-state index contributed by atoms with van der Waals surface area (Å²) in [6, 6.07) is 0. The Morgan fingerprint density at radius 3 is 0.933 bits per heavy atom. The third-order valence-corrected chi connectivity index (χ3v) is 5.63. The van der Waals surface area contributed by atoms with Gasteiger partial charge < -0.3 is 36.0 Å². The van der Waals surface area contributed by atoms with Gasteiger partial charge in [-0.2, -0.15) is 0 Å². The van der Waals surface area contributed by atoms with E-state index >= 15 is 0 Å². The molecule has 0 bridgehead atoms. The zero-order chi connectivity index (χ0) is 22.3. The second-order valence-electron chi connectivity index (χ2n) is 8.52. The van der Waals surface area contributed by atoms with Gasteiger partial charge in [0.25, 0.3) is 0 Å². The van der Waals surface area contributed by atoms with E-state index in [1.807, 2.05) is 28.2 Å². The number of hydrogen-bond acceptors (Lipinski definition) is 7. The van der Waals surface area contributed by atoms with E-state index in [4.69, 9.17) is 0 Å². The van der Waals surface area contributed by atoms with Crippen molar-refractivity contribution in [3.05, 3.63) is 0 Å². The maximum Gasteiger partial charge on any atom is -0.000653 e. The molecule has 7 nitrogen and oxygen atoms in total. The Hall–Kier alpha value is -0.280. The zero-order valence-electron chi connectivity index (χ0n) is 21.1. The van der Waals surface area contributed by atoms with E-state index in [9.17, 15) is 0 Å². The average Bonchev–Trinajstić information content (AvgIpc) is 2.73. The number of rotatable bonds is 24. The fourth-order valence-corrected chi connectivity index (χ4v) is 3.83. The Bertz CT molecular complexity index is 281. The predicted molar refractivity (Wildman–Crippen MR) is 134 cm³/mol. The van der Waals surface area contributed by atoms with Gasteiger partial charge in [-0.15, -0.1) is 0 Å². The van der Waals surface area contributed by atoms with E-state index in [0.717, 1.165) is 26.2 Å². The van der Waals surface area contributed by atoms with Crippen molar-refractivity contribution in [2.75, 3.05) is 114 Å². The fraction of sp³-hybridized carbons (Fsp3) is 1.00. The summed E-state index contributed by atoms with van der Waals surface area (Å²) in [6.07, 6.45) is 7.49. The highest BCUT2D eigenvalue weighted by atomic mass is 15.1. The van der Waals surface area contributed by atoms with Crippen LogP contribution in [0, 0.1) is 0 Å². The van der Waals surface area contributed by atoms with E-state index < -0.39 is 0 Å². The van der Waals surface area contributed by atoms with Crippen molar-refractivity contribution in [1.29, 1.82) is 0 Å². The fourth-order valence-electron chi connectivity index (χ4n) is 3.83. The molecule has 0 aliphatic heterocycles. The van der Waals surface area contributed by atoms with Crippen molar-refractivity contribution in [3.63, 3.8) is 0 Å². The maximum absolute atomic E-state index is 3.27. The molecule has 0 aromatic rings. The molecule has 30 heavy (non-hydrogen) atoms. The van der Waals surface area contributed by atoms with Gasteiger partial charge in [-0.25, -0.2) is 0 Å². The Morgan fingerprint density at radius 2 is 0.667 bits per heavy atom. The van der Waals surface area contributed by atoms with Crippen LogP contribution in [0.2, 0.25) is 0 Å². The lowest BCUT2D eigenvalue weighted by molar-refractivity contribution is 0.223. The normalized spacial score (nSPS) is 12.0. The van der Waals surface area contributed by atoms with E-state index in [2.05, 4.69) is 43.0 Å². The molecule has 0 unspecified atom stereocenters. The minimum absolute atomic E-state index is 1.11. The topological polar surface area (TPSA) is 57.8 Å². The van der Waals surface area contributed by atoms with E-state index in [-0.39, 0.29) is 0 Å². The van der Waals surface area contributed by atoms with Crippen LogP contribution in [0.5, 0.6) is 0 Å². The molecule has 0 rings (SSSR count). The molecule has 0 heterocycles. The zero-order valence-corrected chi connectivity index (χ0v) is 21.1. The van der Waals surface area contributed by atoms with Crippen LogP contribution in [-0.4, -0.2) is 128 Å². The average molecular weight is 430 g/mol. The quantitative estimate of drug-likeness (QED) is 0.169. The van der Waals surface area contributed by atoms with Gasteiger partial charge in [-0.3, -0.25) is 0 Å². The molecule has 0 aromatic carbocycles. The molecule has 0 fully saturated rings. The molecule has 0 radical (unpaired) electrons. The van der Waals surface area contributed by atoms with Crippen LogP contribution >= 0.6 is 0 Å². The van der Waals surface area contributed by atoms with Crippen LogP contribution in [0.4, 0.5) is 0 Å². The Labute approximate surface area is 188 Å². The van der Waals surface area contributed by atoms with Gasteiger partial charge in [-0.05, 0) is 152 Å². The van der Waals surface area contributed by atoms with Crippen molar-refractivity contribution in [3.8, 4) is 0 Å². The van der Waals surface area contributed by atoms with Crippen LogP contribution in [0.25, 0.3) is 0 Å². The minimum Gasteiger partial charge on any atom is -0.320 e. The van der Waals surface area contributed by atoms with Crippen LogP contribution in [-0.2, 0) is 0 Å². The smallest absolute Gasteiger partial charge is 0.000653 e. The Kier molecular flexibility index (Phi) is 23.2. The monoisotopic (exact) mass is 429 g/mol. The van der Waals surface area contributed by atoms with E-state index in [1.54, 1.807) is 0 Å². The maximum atomic E-state index is 3.27. The summed E-state index contributed by atoms with van der Waals surface area (Å²) in [6.45, 7) is 14.1. The SMILES string of the molecule is CNCCCN(CCCNC)CCCN(C)CCCN(CCCNC)CCCNC. The highest BCUT2D eigenvalue weighted by molar-refractivity contribution is 4.64. The summed E-state index contributed by atoms with van der Waals surface area (Å²) in [5.41, 5.74) is 0. The van der Waals surface area contributed by atoms with Gasteiger partial charge >= 0.3 is 0 Å². The minimum atomic E-state index is 1.11. The lowest BCUT2D eigenvalue weighted by atomic mass is 10.2. The summed E-state index contributed by atoms with van der Waals surface area (Å²) in [7, 11) is 10.5. The van der Waals surface area contributed by atoms with Crippen molar-refractivity contribution < 1.29 is 0 Å². The molecule has 0 spiro atoms. The van der Waals surface area contributed by atoms with Gasteiger partial charge in [0.05, 0.1) is 0 Å². The number of nitrogens with one attached hydrogen (secondary N) is 4. The van der Waals surface area contributed by atoms with E-state index in [0.29, 0.717) is 0 Å². The molecule has 0 saturated carbocycles. The summed E-state index contributed by atoms with van der Waals surface area (Å²) in [5, 5.41) is 13.1. The lowest BCUT2D eigenvalue weighted by Crippen LogP contribution is -2.34. The molecular weight excluding hydrogens is 374 g/mol. The summed E-state index contributed by atoms with van der Waals surface area (Å²) < 4.78 is 0. The van der Waals surface area contributed by atoms with Gasteiger partial charge in [0.1, 0.15) is 0 Å². The first-order valence-corrected chi connectivity index (χ1v) is 12.4. The Balaban J connectivity index is 4.05. The summed E-state index contributed by atoms with van der Waals surface area (Å²) in [4.78, 5) is 7.82. The summed E-state index contributed by atoms with van der Waals surface area (Å²) >= 11 is 0. The van der Waals surface area contributed by atoms with Crippen LogP contribution < -0.4 is 21.3 Å². The first-order valence-electron chi connectivity index (χ1n) is 12.4. The molecule has 0 saturated heterocycles. The summed E-state index contributed by atoms with van der Waals surface area (Å²) in [5.74, 6) is 0. The molecule has 0 aromatic heterocycles. The Morgan fingerprint density at radius 1 is 0.400 bits per heavy atom. The molecule has 182 valence electrons. The second-order valence-corrected chi connectivity index (χ2v) is 8.52. The van der Waals surface area contributed by atoms with Crippen molar-refractivity contribution in [2.24, 2.45) is 0 Å². The lowest BCUT2D eigenvalue weighted by Gasteiger charge is -2.25. The van der Waals surface area contributed by atoms with Gasteiger partial charge in [0.2, 0.25) is 0 Å². The molecule has 0 atom stereocenters. The highest BCUT2D eigenvalue weighted by Crippen LogP contribution is 2.01. The molecule has 7 heteroatoms. The highest BCUT2D eigenvalue weighted by Gasteiger charge is 2.08. The number of nitrogens with zero attached hydrogens (tertiary/aromatic N) is 3. The van der Waals surface area contributed by atoms with Gasteiger partial charge in [0, 0.05) is 0 Å². The predicted octanol–water partition coefficient (Wildman–Crippen LogP) is 0.740. The van der Waals surface area contributed by atoms with Gasteiger partial charge in [0.15, 0.2) is 0 Å². The van der Waals surface area contributed by atoms with Crippen LogP contribution in [0.15, 0.2) is 0 Å². The first kappa shape index (κ1) is 29.7. The molecule has 0 aliphatic carbocycles. The van der Waals surface area contributed by atoms with Crippen molar-refractivity contribution >= 4 is 0 Å². The standard InChI is InChI=1S/C23H55N7/c1-24-12-6-18-29(19-7-13-25-2)22-10-16-28(5)17-11-23-30(20-8-14-26-3)21-9-15-27-4/h24-27H,6-23H2,1-5H3. The van der Waals surface area contributed by atoms with Crippen molar-refractivity contribution in [1.82, 2.24) is 36.0 Å². The van der Waals surface area contributed by atoms with Crippen LogP contribution in [0.1, 0.15) is 38.5 Å². The molecular formula is C23H55N7. The van der Waals surface area contributed by atoms with E-state index in [1.165, 1.54) is 90.9 Å². The van der Waals surface area contributed by atoms with Gasteiger partial charge in [-0.1, -0.05) is 0 Å². The van der Waals surface area contributed by atoms with Crippen molar-refractivity contribution in [2.45, 2.75) is 38.5 Å². The second kappa shape index (κ2) is 23.4. The third-order valence-electron chi connectivity index (χ3n) is 5.63. The van der Waals surface area contributed by atoms with Crippen LogP contribution in [0.3, 0.4) is 0 Å². The third kappa shape index (κ3) is 19.7.